The van der Waals surface area contributed by atoms with Gasteiger partial charge in [-0.2, -0.15) is 0 Å². The number of amides is 1. The predicted octanol–water partition coefficient (Wildman–Crippen LogP) is 3.76. The van der Waals surface area contributed by atoms with Gasteiger partial charge in [0, 0.05) is 42.9 Å². The fourth-order valence-corrected chi connectivity index (χ4v) is 4.43. The largest absolute Gasteiger partial charge is 0.454 e. The second-order valence-electron chi connectivity index (χ2n) is 8.88. The lowest BCUT2D eigenvalue weighted by Gasteiger charge is -2.32. The number of carbonyl (C=O) groups excluding carboxylic acids is 1. The number of fused-ring (bicyclic) bond motifs is 1. The number of benzene rings is 1. The Bertz CT molecular complexity index is 1200. The van der Waals surface area contributed by atoms with E-state index in [0.717, 1.165) is 42.6 Å². The van der Waals surface area contributed by atoms with Crippen molar-refractivity contribution < 1.29 is 18.8 Å². The first kappa shape index (κ1) is 20.0. The normalized spacial score (nSPS) is 17.9. The summed E-state index contributed by atoms with van der Waals surface area (Å²) in [5.74, 6) is 2.86. The third kappa shape index (κ3) is 3.99. The summed E-state index contributed by atoms with van der Waals surface area (Å²) in [7, 11) is 0. The molecule has 0 bridgehead atoms. The van der Waals surface area contributed by atoms with E-state index < -0.39 is 0 Å². The van der Waals surface area contributed by atoms with Crippen LogP contribution in [0, 0.1) is 6.92 Å². The molecule has 2 fully saturated rings. The molecule has 1 amide bonds. The molecular formula is C24H25N5O4. The standard InChI is InChI=1S/C24H25N5O4/c1-14-10-20(33-28-14)18-12-25-24(26-17-3-4-17)27-22(18)15-6-8-29(9-7-15)23(30)16-2-5-19-21(11-16)32-13-31-19/h2,5,10-12,15,17H,3-4,6-9,13H2,1H3,(H,25,26,27). The number of anilines is 1. The Balaban J connectivity index is 1.21. The maximum absolute atomic E-state index is 13.1. The molecule has 4 heterocycles. The fourth-order valence-electron chi connectivity index (χ4n) is 4.43. The number of hydrogen-bond acceptors (Lipinski definition) is 8. The molecule has 3 aliphatic rings. The van der Waals surface area contributed by atoms with Crippen LogP contribution in [0.5, 0.6) is 11.5 Å². The number of carbonyl (C=O) groups is 1. The number of aryl methyl sites for hydroxylation is 1. The van der Waals surface area contributed by atoms with Gasteiger partial charge >= 0.3 is 0 Å². The minimum Gasteiger partial charge on any atom is -0.454 e. The lowest BCUT2D eigenvalue weighted by molar-refractivity contribution is 0.0711. The molecule has 2 aliphatic heterocycles. The van der Waals surface area contributed by atoms with Gasteiger partial charge in [0.2, 0.25) is 12.7 Å². The van der Waals surface area contributed by atoms with Crippen LogP contribution in [0.25, 0.3) is 11.3 Å². The van der Waals surface area contributed by atoms with Crippen LogP contribution in [0.4, 0.5) is 5.95 Å². The molecule has 9 heteroatoms. The zero-order valence-corrected chi connectivity index (χ0v) is 18.4. The van der Waals surface area contributed by atoms with Gasteiger partial charge in [0.15, 0.2) is 17.3 Å². The predicted molar refractivity (Wildman–Crippen MR) is 119 cm³/mol. The molecule has 3 aromatic rings. The van der Waals surface area contributed by atoms with E-state index in [1.807, 2.05) is 24.1 Å². The number of ether oxygens (including phenoxy) is 2. The van der Waals surface area contributed by atoms with Crippen LogP contribution >= 0.6 is 0 Å². The summed E-state index contributed by atoms with van der Waals surface area (Å²) in [4.78, 5) is 24.4. The molecule has 1 saturated carbocycles. The van der Waals surface area contributed by atoms with Gasteiger partial charge < -0.3 is 24.2 Å². The first-order valence-corrected chi connectivity index (χ1v) is 11.4. The van der Waals surface area contributed by atoms with Crippen molar-refractivity contribution in [2.75, 3.05) is 25.2 Å². The Kier molecular flexibility index (Phi) is 4.89. The first-order chi connectivity index (χ1) is 16.1. The Hall–Kier alpha value is -3.62. The van der Waals surface area contributed by atoms with E-state index >= 15 is 0 Å². The number of hydrogen-bond donors (Lipinski definition) is 1. The second-order valence-corrected chi connectivity index (χ2v) is 8.88. The van der Waals surface area contributed by atoms with Crippen molar-refractivity contribution in [3.63, 3.8) is 0 Å². The summed E-state index contributed by atoms with van der Waals surface area (Å²) < 4.78 is 16.3. The SMILES string of the molecule is Cc1cc(-c2cnc(NC3CC3)nc2C2CCN(C(=O)c3ccc4c(c3)OCO4)CC2)on1. The highest BCUT2D eigenvalue weighted by atomic mass is 16.7. The van der Waals surface area contributed by atoms with Crippen molar-refractivity contribution in [1.82, 2.24) is 20.0 Å². The van der Waals surface area contributed by atoms with Gasteiger partial charge in [0.05, 0.1) is 17.0 Å². The maximum Gasteiger partial charge on any atom is 0.253 e. The Morgan fingerprint density at radius 1 is 1.09 bits per heavy atom. The van der Waals surface area contributed by atoms with Crippen LogP contribution in [0.3, 0.4) is 0 Å². The Morgan fingerprint density at radius 2 is 1.91 bits per heavy atom. The van der Waals surface area contributed by atoms with Crippen LogP contribution in [-0.4, -0.2) is 51.9 Å². The molecule has 0 unspecified atom stereocenters. The van der Waals surface area contributed by atoms with Crippen LogP contribution in [0.2, 0.25) is 0 Å². The van der Waals surface area contributed by atoms with Crippen molar-refractivity contribution >= 4 is 11.9 Å². The van der Waals surface area contributed by atoms with Crippen molar-refractivity contribution in [3.8, 4) is 22.8 Å². The summed E-state index contributed by atoms with van der Waals surface area (Å²) in [6.45, 7) is 3.41. The van der Waals surface area contributed by atoms with Crippen molar-refractivity contribution in [3.05, 3.63) is 47.4 Å². The van der Waals surface area contributed by atoms with Gasteiger partial charge in [-0.15, -0.1) is 0 Å². The molecule has 1 saturated heterocycles. The number of nitrogens with zero attached hydrogens (tertiary/aromatic N) is 4. The van der Waals surface area contributed by atoms with Gasteiger partial charge in [0.25, 0.3) is 5.91 Å². The molecule has 2 aromatic heterocycles. The summed E-state index contributed by atoms with van der Waals surface area (Å²) in [5.41, 5.74) is 3.27. The van der Waals surface area contributed by atoms with E-state index in [1.54, 1.807) is 18.2 Å². The van der Waals surface area contributed by atoms with E-state index in [1.165, 1.54) is 0 Å². The average molecular weight is 447 g/mol. The van der Waals surface area contributed by atoms with E-state index in [0.29, 0.717) is 47.9 Å². The van der Waals surface area contributed by atoms with Gasteiger partial charge in [-0.25, -0.2) is 9.97 Å². The quantitative estimate of drug-likeness (QED) is 0.631. The molecule has 0 radical (unpaired) electrons. The molecule has 6 rings (SSSR count). The van der Waals surface area contributed by atoms with E-state index in [4.69, 9.17) is 19.0 Å². The molecule has 9 nitrogen and oxygen atoms in total. The molecule has 0 spiro atoms. The van der Waals surface area contributed by atoms with Crippen LogP contribution in [-0.2, 0) is 0 Å². The molecule has 33 heavy (non-hydrogen) atoms. The molecule has 1 N–H and O–H groups in total. The highest BCUT2D eigenvalue weighted by molar-refractivity contribution is 5.95. The van der Waals surface area contributed by atoms with Crippen LogP contribution in [0.15, 0.2) is 35.0 Å². The first-order valence-electron chi connectivity index (χ1n) is 11.4. The van der Waals surface area contributed by atoms with Gasteiger partial charge in [-0.1, -0.05) is 5.16 Å². The Morgan fingerprint density at radius 3 is 2.67 bits per heavy atom. The van der Waals surface area contributed by atoms with E-state index in [-0.39, 0.29) is 18.6 Å². The van der Waals surface area contributed by atoms with E-state index in [2.05, 4.69) is 15.5 Å². The molecule has 170 valence electrons. The van der Waals surface area contributed by atoms with Gasteiger partial charge in [-0.3, -0.25) is 4.79 Å². The number of aromatic nitrogens is 3. The third-order valence-corrected chi connectivity index (χ3v) is 6.41. The van der Waals surface area contributed by atoms with Crippen molar-refractivity contribution in [1.29, 1.82) is 0 Å². The molecule has 0 atom stereocenters. The number of likely N-dealkylation sites (tertiary alicyclic amines) is 1. The molecule has 1 aliphatic carbocycles. The zero-order valence-electron chi connectivity index (χ0n) is 18.4. The molecular weight excluding hydrogens is 422 g/mol. The third-order valence-electron chi connectivity index (χ3n) is 6.41. The lowest BCUT2D eigenvalue weighted by atomic mass is 9.90. The monoisotopic (exact) mass is 447 g/mol. The lowest BCUT2D eigenvalue weighted by Crippen LogP contribution is -2.38. The van der Waals surface area contributed by atoms with E-state index in [9.17, 15) is 4.79 Å². The summed E-state index contributed by atoms with van der Waals surface area (Å²) in [6, 6.07) is 7.74. The zero-order chi connectivity index (χ0) is 22.4. The van der Waals surface area contributed by atoms with Gasteiger partial charge in [-0.05, 0) is 50.8 Å². The van der Waals surface area contributed by atoms with Crippen LogP contribution in [0.1, 0.15) is 53.3 Å². The summed E-state index contributed by atoms with van der Waals surface area (Å²) in [6.07, 6.45) is 5.77. The minimum absolute atomic E-state index is 0.0107. The van der Waals surface area contributed by atoms with Gasteiger partial charge in [0.1, 0.15) is 0 Å². The van der Waals surface area contributed by atoms with Crippen molar-refractivity contribution in [2.45, 2.75) is 44.6 Å². The minimum atomic E-state index is 0.0107. The summed E-state index contributed by atoms with van der Waals surface area (Å²) >= 11 is 0. The second kappa shape index (κ2) is 8.06. The highest BCUT2D eigenvalue weighted by Gasteiger charge is 2.30. The number of nitrogens with one attached hydrogen (secondary N) is 1. The average Bonchev–Trinajstić information content (AvgIpc) is 3.35. The van der Waals surface area contributed by atoms with Crippen LogP contribution < -0.4 is 14.8 Å². The maximum atomic E-state index is 13.1. The smallest absolute Gasteiger partial charge is 0.253 e. The number of rotatable bonds is 5. The molecule has 1 aromatic carbocycles. The highest BCUT2D eigenvalue weighted by Crippen LogP contribution is 2.37. The Labute approximate surface area is 191 Å². The number of piperidine rings is 1. The van der Waals surface area contributed by atoms with Crippen molar-refractivity contribution in [2.24, 2.45) is 0 Å². The summed E-state index contributed by atoms with van der Waals surface area (Å²) in [5, 5.41) is 7.43. The fraction of sp³-hybridized carbons (Fsp3) is 0.417. The topological polar surface area (TPSA) is 103 Å².